The lowest BCUT2D eigenvalue weighted by molar-refractivity contribution is -0.111. The van der Waals surface area contributed by atoms with Crippen molar-refractivity contribution in [3.05, 3.63) is 0 Å². The molecule has 11 heavy (non-hydrogen) atoms. The van der Waals surface area contributed by atoms with Crippen LogP contribution >= 0.6 is 0 Å². The molecule has 0 saturated carbocycles. The predicted molar refractivity (Wildman–Crippen MR) is 36.4 cm³/mol. The van der Waals surface area contributed by atoms with Crippen molar-refractivity contribution in [2.24, 2.45) is 5.92 Å². The number of aliphatic hydroxyl groups is 1. The van der Waals surface area contributed by atoms with Gasteiger partial charge in [-0.05, 0) is 13.3 Å². The summed E-state index contributed by atoms with van der Waals surface area (Å²) in [5.41, 5.74) is 0. The first-order chi connectivity index (χ1) is 4.92. The van der Waals surface area contributed by atoms with Gasteiger partial charge in [0, 0.05) is 12.5 Å². The molecule has 4 heteroatoms. The van der Waals surface area contributed by atoms with Gasteiger partial charge in [0.1, 0.15) is 0 Å². The number of alkyl halides is 3. The van der Waals surface area contributed by atoms with Crippen LogP contribution in [0.2, 0.25) is 0 Å². The molecule has 0 radical (unpaired) electrons. The molecule has 0 aromatic heterocycles. The molecule has 1 nitrogen and oxygen atoms in total. The van der Waals surface area contributed by atoms with Gasteiger partial charge in [-0.3, -0.25) is 0 Å². The lowest BCUT2D eigenvalue weighted by atomic mass is 9.97. The van der Waals surface area contributed by atoms with E-state index in [0.29, 0.717) is 0 Å². The highest BCUT2D eigenvalue weighted by atomic mass is 19.3. The Kier molecular flexibility index (Phi) is 3.86. The van der Waals surface area contributed by atoms with Crippen LogP contribution in [0.1, 0.15) is 20.3 Å². The second-order valence-electron chi connectivity index (χ2n) is 2.70. The maximum absolute atomic E-state index is 12.6. The maximum atomic E-state index is 12.6. The van der Waals surface area contributed by atoms with E-state index in [1.165, 1.54) is 6.92 Å². The SMILES string of the molecule is CC(F)C(F)(F)C(C)CCO. The molecule has 0 heterocycles. The maximum Gasteiger partial charge on any atom is 0.280 e. The Balaban J connectivity index is 4.05. The van der Waals surface area contributed by atoms with Crippen LogP contribution in [0.3, 0.4) is 0 Å². The highest BCUT2D eigenvalue weighted by molar-refractivity contribution is 4.78. The molecule has 0 aliphatic rings. The van der Waals surface area contributed by atoms with Crippen molar-refractivity contribution >= 4 is 0 Å². The molecule has 0 spiro atoms. The monoisotopic (exact) mass is 170 g/mol. The van der Waals surface area contributed by atoms with Crippen LogP contribution in [0.5, 0.6) is 0 Å². The van der Waals surface area contributed by atoms with Gasteiger partial charge in [0.25, 0.3) is 5.92 Å². The molecular formula is C7H13F3O. The number of hydrogen-bond donors (Lipinski definition) is 1. The van der Waals surface area contributed by atoms with Gasteiger partial charge in [0.15, 0.2) is 6.17 Å². The summed E-state index contributed by atoms with van der Waals surface area (Å²) in [5, 5.41) is 8.33. The van der Waals surface area contributed by atoms with E-state index in [4.69, 9.17) is 5.11 Å². The summed E-state index contributed by atoms with van der Waals surface area (Å²) in [5.74, 6) is -4.42. The summed E-state index contributed by atoms with van der Waals surface area (Å²) in [6, 6.07) is 0. The quantitative estimate of drug-likeness (QED) is 0.684. The highest BCUT2D eigenvalue weighted by Crippen LogP contribution is 2.31. The van der Waals surface area contributed by atoms with Gasteiger partial charge < -0.3 is 5.11 Å². The third-order valence-electron chi connectivity index (χ3n) is 1.75. The van der Waals surface area contributed by atoms with Gasteiger partial charge in [-0.25, -0.2) is 13.2 Å². The van der Waals surface area contributed by atoms with Crippen LogP contribution < -0.4 is 0 Å². The smallest absolute Gasteiger partial charge is 0.280 e. The zero-order valence-corrected chi connectivity index (χ0v) is 6.65. The summed E-state index contributed by atoms with van der Waals surface area (Å²) < 4.78 is 37.5. The van der Waals surface area contributed by atoms with Crippen molar-refractivity contribution in [1.82, 2.24) is 0 Å². The standard InChI is InChI=1S/C7H13F3O/c1-5(3-4-11)7(9,10)6(2)8/h5-6,11H,3-4H2,1-2H3. The molecule has 0 aliphatic heterocycles. The first kappa shape index (κ1) is 10.8. The Morgan fingerprint density at radius 2 is 1.82 bits per heavy atom. The fourth-order valence-corrected chi connectivity index (χ4v) is 0.778. The second kappa shape index (κ2) is 3.95. The van der Waals surface area contributed by atoms with E-state index < -0.39 is 18.0 Å². The molecule has 2 unspecified atom stereocenters. The average Bonchev–Trinajstić information content (AvgIpc) is 1.88. The first-order valence-corrected chi connectivity index (χ1v) is 3.55. The molecule has 1 N–H and O–H groups in total. The third-order valence-corrected chi connectivity index (χ3v) is 1.75. The normalized spacial score (nSPS) is 18.0. The molecule has 2 atom stereocenters. The van der Waals surface area contributed by atoms with E-state index in [-0.39, 0.29) is 13.0 Å². The van der Waals surface area contributed by atoms with Crippen molar-refractivity contribution in [2.45, 2.75) is 32.4 Å². The topological polar surface area (TPSA) is 20.2 Å². The summed E-state index contributed by atoms with van der Waals surface area (Å²) in [6.45, 7) is 1.73. The summed E-state index contributed by atoms with van der Waals surface area (Å²) in [7, 11) is 0. The molecular weight excluding hydrogens is 157 g/mol. The zero-order valence-electron chi connectivity index (χ0n) is 6.65. The molecule has 0 aromatic carbocycles. The Bertz CT molecular complexity index is 114. The first-order valence-electron chi connectivity index (χ1n) is 3.55. The number of rotatable bonds is 4. The van der Waals surface area contributed by atoms with Crippen LogP contribution in [-0.2, 0) is 0 Å². The Hall–Kier alpha value is -0.250. The summed E-state index contributed by atoms with van der Waals surface area (Å²) in [6.07, 6.45) is -2.22. The van der Waals surface area contributed by atoms with Crippen LogP contribution in [0, 0.1) is 5.92 Å². The van der Waals surface area contributed by atoms with E-state index in [0.717, 1.165) is 6.92 Å². The second-order valence-corrected chi connectivity index (χ2v) is 2.70. The average molecular weight is 170 g/mol. The van der Waals surface area contributed by atoms with Gasteiger partial charge in [0.2, 0.25) is 0 Å². The van der Waals surface area contributed by atoms with E-state index in [9.17, 15) is 13.2 Å². The van der Waals surface area contributed by atoms with E-state index in [1.54, 1.807) is 0 Å². The third kappa shape index (κ3) is 2.69. The molecule has 0 aliphatic carbocycles. The molecule has 68 valence electrons. The number of hydrogen-bond acceptors (Lipinski definition) is 1. The number of halogens is 3. The minimum absolute atomic E-state index is 0.0682. The Morgan fingerprint density at radius 1 is 1.36 bits per heavy atom. The van der Waals surface area contributed by atoms with Crippen molar-refractivity contribution in [3.63, 3.8) is 0 Å². The van der Waals surface area contributed by atoms with E-state index in [2.05, 4.69) is 0 Å². The largest absolute Gasteiger partial charge is 0.396 e. The van der Waals surface area contributed by atoms with Gasteiger partial charge in [0.05, 0.1) is 0 Å². The van der Waals surface area contributed by atoms with Gasteiger partial charge in [-0.2, -0.15) is 0 Å². The van der Waals surface area contributed by atoms with Crippen molar-refractivity contribution in [2.75, 3.05) is 6.61 Å². The van der Waals surface area contributed by atoms with E-state index in [1.807, 2.05) is 0 Å². The Morgan fingerprint density at radius 3 is 2.09 bits per heavy atom. The highest BCUT2D eigenvalue weighted by Gasteiger charge is 2.42. The minimum Gasteiger partial charge on any atom is -0.396 e. The Labute approximate surface area is 64.2 Å². The van der Waals surface area contributed by atoms with Crippen LogP contribution in [0.15, 0.2) is 0 Å². The summed E-state index contributed by atoms with van der Waals surface area (Å²) >= 11 is 0. The lowest BCUT2D eigenvalue weighted by Crippen LogP contribution is -2.35. The predicted octanol–water partition coefficient (Wildman–Crippen LogP) is 2.00. The fourth-order valence-electron chi connectivity index (χ4n) is 0.778. The molecule has 0 aromatic rings. The van der Waals surface area contributed by atoms with Crippen molar-refractivity contribution in [3.8, 4) is 0 Å². The van der Waals surface area contributed by atoms with Crippen LogP contribution in [-0.4, -0.2) is 23.8 Å². The molecule has 0 fully saturated rings. The lowest BCUT2D eigenvalue weighted by Gasteiger charge is -2.23. The van der Waals surface area contributed by atoms with E-state index >= 15 is 0 Å². The molecule has 0 rings (SSSR count). The van der Waals surface area contributed by atoms with Crippen LogP contribution in [0.4, 0.5) is 13.2 Å². The molecule has 0 bridgehead atoms. The fraction of sp³-hybridized carbons (Fsp3) is 1.00. The van der Waals surface area contributed by atoms with Gasteiger partial charge in [-0.1, -0.05) is 6.92 Å². The zero-order chi connectivity index (χ0) is 9.07. The summed E-state index contributed by atoms with van der Waals surface area (Å²) in [4.78, 5) is 0. The van der Waals surface area contributed by atoms with Gasteiger partial charge >= 0.3 is 0 Å². The van der Waals surface area contributed by atoms with Gasteiger partial charge in [-0.15, -0.1) is 0 Å². The van der Waals surface area contributed by atoms with Crippen molar-refractivity contribution in [1.29, 1.82) is 0 Å². The van der Waals surface area contributed by atoms with Crippen molar-refractivity contribution < 1.29 is 18.3 Å². The molecule has 0 amide bonds. The molecule has 0 saturated heterocycles. The van der Waals surface area contributed by atoms with Crippen LogP contribution in [0.25, 0.3) is 0 Å². The number of aliphatic hydroxyl groups excluding tert-OH is 1. The minimum atomic E-state index is -3.32.